The SMILES string of the molecule is S=P12CC[Si](c3ccccc3)(CC1)CC2. The first-order valence-corrected chi connectivity index (χ1v) is 11.8. The Morgan fingerprint density at radius 3 is 2.00 bits per heavy atom. The molecule has 3 aliphatic rings. The van der Waals surface area contributed by atoms with Crippen molar-refractivity contribution in [1.82, 2.24) is 0 Å². The summed E-state index contributed by atoms with van der Waals surface area (Å²) in [5, 5.41) is 1.71. The fraction of sp³-hybridized carbons (Fsp3) is 0.500. The molecule has 3 fully saturated rings. The van der Waals surface area contributed by atoms with Gasteiger partial charge in [-0.2, -0.15) is 0 Å². The number of benzene rings is 1. The molecule has 0 nitrogen and oxygen atoms in total. The molecule has 3 saturated heterocycles. The van der Waals surface area contributed by atoms with E-state index < -0.39 is 14.1 Å². The molecule has 1 aromatic carbocycles. The molecule has 3 heterocycles. The van der Waals surface area contributed by atoms with Gasteiger partial charge in [0.2, 0.25) is 0 Å². The highest BCUT2D eigenvalue weighted by Crippen LogP contribution is 2.59. The minimum atomic E-state index is -1.05. The lowest BCUT2D eigenvalue weighted by Gasteiger charge is -2.47. The van der Waals surface area contributed by atoms with Crippen molar-refractivity contribution < 1.29 is 0 Å². The molecular formula is C12H17PSSi. The predicted octanol–water partition coefficient (Wildman–Crippen LogP) is 2.85. The fourth-order valence-corrected chi connectivity index (χ4v) is 18.9. The Bertz CT molecular complexity index is 384. The van der Waals surface area contributed by atoms with Crippen molar-refractivity contribution in [2.75, 3.05) is 18.5 Å². The van der Waals surface area contributed by atoms with Crippen LogP contribution < -0.4 is 5.19 Å². The second kappa shape index (κ2) is 3.55. The van der Waals surface area contributed by atoms with E-state index in [1.165, 1.54) is 36.6 Å². The van der Waals surface area contributed by atoms with E-state index in [1.54, 1.807) is 5.19 Å². The second-order valence-corrected chi connectivity index (χ2v) is 15.5. The maximum absolute atomic E-state index is 5.83. The van der Waals surface area contributed by atoms with Crippen molar-refractivity contribution in [3.8, 4) is 0 Å². The summed E-state index contributed by atoms with van der Waals surface area (Å²) in [7, 11) is -1.05. The summed E-state index contributed by atoms with van der Waals surface area (Å²) in [4.78, 5) is 0. The average Bonchev–Trinajstić information content (AvgIpc) is 2.32. The smallest absolute Gasteiger partial charge is 0.0878 e. The standard InChI is InChI=1S/C12H17PSSi/c14-13-6-9-15(10-7-13,11-8-13)12-4-2-1-3-5-12/h1-5H,6-11H2. The van der Waals surface area contributed by atoms with Crippen molar-refractivity contribution in [3.63, 3.8) is 0 Å². The third-order valence-corrected chi connectivity index (χ3v) is 15.6. The van der Waals surface area contributed by atoms with Crippen molar-refractivity contribution in [1.29, 1.82) is 0 Å². The van der Waals surface area contributed by atoms with E-state index in [0.717, 1.165) is 0 Å². The van der Waals surface area contributed by atoms with E-state index >= 15 is 0 Å². The lowest BCUT2D eigenvalue weighted by Crippen LogP contribution is -2.54. The summed E-state index contributed by atoms with van der Waals surface area (Å²) in [5.41, 5.74) is 0. The highest BCUT2D eigenvalue weighted by Gasteiger charge is 2.45. The molecule has 3 aliphatic heterocycles. The highest BCUT2D eigenvalue weighted by molar-refractivity contribution is 8.15. The van der Waals surface area contributed by atoms with Crippen LogP contribution in [0.25, 0.3) is 0 Å². The first-order valence-electron chi connectivity index (χ1n) is 5.85. The summed E-state index contributed by atoms with van der Waals surface area (Å²) < 4.78 is 0. The highest BCUT2D eigenvalue weighted by atomic mass is 32.4. The van der Waals surface area contributed by atoms with E-state index in [2.05, 4.69) is 30.3 Å². The zero-order valence-electron chi connectivity index (χ0n) is 8.98. The first kappa shape index (κ1) is 10.3. The van der Waals surface area contributed by atoms with Gasteiger partial charge in [-0.25, -0.2) is 0 Å². The molecular weight excluding hydrogens is 235 g/mol. The molecule has 1 aromatic rings. The Kier molecular flexibility index (Phi) is 2.42. The average molecular weight is 252 g/mol. The van der Waals surface area contributed by atoms with Gasteiger partial charge in [0, 0.05) is 0 Å². The normalized spacial score (nSPS) is 39.2. The van der Waals surface area contributed by atoms with Crippen LogP contribution in [-0.4, -0.2) is 26.6 Å². The van der Waals surface area contributed by atoms with Gasteiger partial charge in [0.15, 0.2) is 0 Å². The summed E-state index contributed by atoms with van der Waals surface area (Å²) in [5.74, 6) is 0. The molecule has 0 aromatic heterocycles. The van der Waals surface area contributed by atoms with Gasteiger partial charge in [0.25, 0.3) is 0 Å². The summed E-state index contributed by atoms with van der Waals surface area (Å²) >= 11 is 5.83. The van der Waals surface area contributed by atoms with Crippen LogP contribution in [0.5, 0.6) is 0 Å². The van der Waals surface area contributed by atoms with Crippen molar-refractivity contribution in [2.45, 2.75) is 18.1 Å². The Hall–Kier alpha value is 0.0869. The van der Waals surface area contributed by atoms with Crippen LogP contribution in [0.4, 0.5) is 0 Å². The molecule has 0 unspecified atom stereocenters. The van der Waals surface area contributed by atoms with Crippen LogP contribution in [0, 0.1) is 0 Å². The van der Waals surface area contributed by atoms with E-state index in [1.807, 2.05) is 0 Å². The van der Waals surface area contributed by atoms with E-state index in [-0.39, 0.29) is 0 Å². The number of hydrogen-bond donors (Lipinski definition) is 0. The molecule has 0 saturated carbocycles. The molecule has 0 radical (unpaired) electrons. The molecule has 2 bridgehead atoms. The molecule has 15 heavy (non-hydrogen) atoms. The molecule has 3 heteroatoms. The van der Waals surface area contributed by atoms with Gasteiger partial charge in [0.1, 0.15) is 0 Å². The van der Waals surface area contributed by atoms with Crippen LogP contribution >= 0.6 is 6.04 Å². The Morgan fingerprint density at radius 2 is 1.47 bits per heavy atom. The van der Waals surface area contributed by atoms with Gasteiger partial charge in [-0.05, 0) is 42.7 Å². The molecule has 0 atom stereocenters. The first-order chi connectivity index (χ1) is 7.23. The molecule has 4 rings (SSSR count). The van der Waals surface area contributed by atoms with Gasteiger partial charge in [-0.15, -0.1) is 0 Å². The van der Waals surface area contributed by atoms with Crippen molar-refractivity contribution in [2.24, 2.45) is 0 Å². The molecule has 0 spiro atoms. The summed E-state index contributed by atoms with van der Waals surface area (Å²) in [6, 6.07) is 15.0. The summed E-state index contributed by atoms with van der Waals surface area (Å²) in [6.07, 6.45) is 4.30. The minimum Gasteiger partial charge on any atom is -0.0975 e. The molecule has 0 aliphatic carbocycles. The second-order valence-electron chi connectivity index (χ2n) is 5.13. The van der Waals surface area contributed by atoms with Crippen molar-refractivity contribution in [3.05, 3.63) is 30.3 Å². The van der Waals surface area contributed by atoms with Crippen LogP contribution in [-0.2, 0) is 11.8 Å². The zero-order valence-corrected chi connectivity index (χ0v) is 11.7. The quantitative estimate of drug-likeness (QED) is 0.547. The minimum absolute atomic E-state index is 0.823. The number of hydrogen-bond acceptors (Lipinski definition) is 1. The topological polar surface area (TPSA) is 0 Å². The number of rotatable bonds is 1. The maximum atomic E-state index is 5.83. The van der Waals surface area contributed by atoms with Gasteiger partial charge in [-0.1, -0.05) is 47.3 Å². The van der Waals surface area contributed by atoms with E-state index in [4.69, 9.17) is 11.8 Å². The third-order valence-electron chi connectivity index (χ3n) is 4.38. The van der Waals surface area contributed by atoms with Gasteiger partial charge >= 0.3 is 0 Å². The Balaban J connectivity index is 1.97. The van der Waals surface area contributed by atoms with Crippen LogP contribution in [0.1, 0.15) is 0 Å². The monoisotopic (exact) mass is 252 g/mol. The lowest BCUT2D eigenvalue weighted by atomic mass is 10.4. The van der Waals surface area contributed by atoms with Crippen LogP contribution in [0.2, 0.25) is 18.1 Å². The van der Waals surface area contributed by atoms with Gasteiger partial charge < -0.3 is 0 Å². The zero-order chi connectivity index (χ0) is 10.4. The Labute approximate surface area is 98.1 Å². The Morgan fingerprint density at radius 1 is 0.933 bits per heavy atom. The maximum Gasteiger partial charge on any atom is 0.0878 e. The van der Waals surface area contributed by atoms with E-state index in [9.17, 15) is 0 Å². The largest absolute Gasteiger partial charge is 0.0975 e. The van der Waals surface area contributed by atoms with Gasteiger partial charge in [0.05, 0.1) is 8.07 Å². The third kappa shape index (κ3) is 1.67. The van der Waals surface area contributed by atoms with Crippen molar-refractivity contribution >= 4 is 31.1 Å². The van der Waals surface area contributed by atoms with Crippen LogP contribution in [0.15, 0.2) is 30.3 Å². The van der Waals surface area contributed by atoms with Crippen LogP contribution in [0.3, 0.4) is 0 Å². The molecule has 80 valence electrons. The van der Waals surface area contributed by atoms with E-state index in [0.29, 0.717) is 0 Å². The predicted molar refractivity (Wildman–Crippen MR) is 75.1 cm³/mol. The molecule has 0 N–H and O–H groups in total. The summed E-state index contributed by atoms with van der Waals surface area (Å²) in [6.45, 7) is 0. The fourth-order valence-electron chi connectivity index (χ4n) is 3.19. The number of fused-ring (bicyclic) bond motifs is 3. The molecule has 0 amide bonds. The lowest BCUT2D eigenvalue weighted by molar-refractivity contribution is 1.10. The van der Waals surface area contributed by atoms with Gasteiger partial charge in [-0.3, -0.25) is 0 Å².